The second kappa shape index (κ2) is 4.72. The van der Waals surface area contributed by atoms with Crippen LogP contribution in [-0.2, 0) is 4.79 Å². The number of likely N-dealkylation sites (N-methyl/N-ethyl adjacent to an activating group) is 1. The summed E-state index contributed by atoms with van der Waals surface area (Å²) in [7, 11) is 1.83. The average molecular weight is 291 g/mol. The summed E-state index contributed by atoms with van der Waals surface area (Å²) in [5.74, 6) is 1.44. The zero-order chi connectivity index (χ0) is 15.2. The highest BCUT2D eigenvalue weighted by atomic mass is 16.6. The second-order valence-corrected chi connectivity index (χ2v) is 5.99. The van der Waals surface area contributed by atoms with Crippen LogP contribution in [0.3, 0.4) is 0 Å². The number of piperazine rings is 1. The number of nitrogens with two attached hydrogens (primary N) is 1. The van der Waals surface area contributed by atoms with E-state index in [1.165, 1.54) is 0 Å². The summed E-state index contributed by atoms with van der Waals surface area (Å²) in [4.78, 5) is 16.2. The Morgan fingerprint density at radius 1 is 1.14 bits per heavy atom. The largest absolute Gasteiger partial charge is 0.486 e. The summed E-state index contributed by atoms with van der Waals surface area (Å²) < 4.78 is 11.2. The summed E-state index contributed by atoms with van der Waals surface area (Å²) in [5.41, 5.74) is 6.97. The van der Waals surface area contributed by atoms with Gasteiger partial charge in [-0.1, -0.05) is 0 Å². The Morgan fingerprint density at radius 3 is 2.43 bits per heavy atom. The van der Waals surface area contributed by atoms with Crippen LogP contribution in [0.1, 0.15) is 13.8 Å². The predicted molar refractivity (Wildman–Crippen MR) is 80.9 cm³/mol. The maximum absolute atomic E-state index is 12.4. The topological polar surface area (TPSA) is 68.0 Å². The van der Waals surface area contributed by atoms with Crippen molar-refractivity contribution < 1.29 is 14.3 Å². The fourth-order valence-electron chi connectivity index (χ4n) is 2.96. The van der Waals surface area contributed by atoms with E-state index in [1.807, 2.05) is 31.9 Å². The Bertz CT molecular complexity index is 586. The van der Waals surface area contributed by atoms with Crippen LogP contribution in [0.4, 0.5) is 11.4 Å². The van der Waals surface area contributed by atoms with E-state index in [1.54, 1.807) is 11.0 Å². The molecular weight excluding hydrogens is 270 g/mol. The number of nitrogen functional groups attached to an aromatic ring is 1. The van der Waals surface area contributed by atoms with Gasteiger partial charge in [-0.05, 0) is 13.8 Å². The summed E-state index contributed by atoms with van der Waals surface area (Å²) >= 11 is 0. The molecule has 2 heterocycles. The Labute approximate surface area is 124 Å². The van der Waals surface area contributed by atoms with Crippen LogP contribution in [0.2, 0.25) is 0 Å². The number of hydrogen-bond donors (Lipinski definition) is 1. The second-order valence-electron chi connectivity index (χ2n) is 5.99. The standard InChI is InChI=1S/C15H21N3O3/c1-15(2)14(19)17(3)4-5-18(15)11-9-13-12(8-10(11)16)20-6-7-21-13/h8-9H,4-7,16H2,1-3H3. The number of rotatable bonds is 1. The van der Waals surface area contributed by atoms with Crippen molar-refractivity contribution in [3.8, 4) is 11.5 Å². The van der Waals surface area contributed by atoms with Crippen LogP contribution >= 0.6 is 0 Å². The van der Waals surface area contributed by atoms with Gasteiger partial charge in [0.05, 0.1) is 11.4 Å². The third-order valence-electron chi connectivity index (χ3n) is 4.19. The van der Waals surface area contributed by atoms with Gasteiger partial charge in [0, 0.05) is 32.3 Å². The molecule has 6 heteroatoms. The zero-order valence-corrected chi connectivity index (χ0v) is 12.7. The van der Waals surface area contributed by atoms with Crippen molar-refractivity contribution in [2.45, 2.75) is 19.4 Å². The maximum Gasteiger partial charge on any atom is 0.247 e. The number of carbonyl (C=O) groups is 1. The summed E-state index contributed by atoms with van der Waals surface area (Å²) in [6.45, 7) is 6.31. The van der Waals surface area contributed by atoms with Crippen LogP contribution < -0.4 is 20.1 Å². The molecule has 0 atom stereocenters. The molecule has 1 fully saturated rings. The molecule has 2 aliphatic rings. The van der Waals surface area contributed by atoms with E-state index < -0.39 is 5.54 Å². The smallest absolute Gasteiger partial charge is 0.247 e. The van der Waals surface area contributed by atoms with Gasteiger partial charge in [-0.3, -0.25) is 4.79 Å². The van der Waals surface area contributed by atoms with Gasteiger partial charge >= 0.3 is 0 Å². The lowest BCUT2D eigenvalue weighted by molar-refractivity contribution is -0.136. The number of carbonyl (C=O) groups excluding carboxylic acids is 1. The lowest BCUT2D eigenvalue weighted by atomic mass is 9.96. The first kappa shape index (κ1) is 13.9. The van der Waals surface area contributed by atoms with Crippen LogP contribution in [0.5, 0.6) is 11.5 Å². The molecule has 1 aromatic carbocycles. The first-order valence-corrected chi connectivity index (χ1v) is 7.13. The average Bonchev–Trinajstić information content (AvgIpc) is 2.45. The monoisotopic (exact) mass is 291 g/mol. The fourth-order valence-corrected chi connectivity index (χ4v) is 2.96. The fraction of sp³-hybridized carbons (Fsp3) is 0.533. The van der Waals surface area contributed by atoms with E-state index in [0.29, 0.717) is 36.9 Å². The third-order valence-corrected chi connectivity index (χ3v) is 4.19. The molecule has 0 bridgehead atoms. The Kier molecular flexibility index (Phi) is 3.11. The predicted octanol–water partition coefficient (Wildman–Crippen LogP) is 1.10. The zero-order valence-electron chi connectivity index (χ0n) is 12.7. The van der Waals surface area contributed by atoms with Crippen molar-refractivity contribution in [3.05, 3.63) is 12.1 Å². The van der Waals surface area contributed by atoms with Crippen molar-refractivity contribution in [3.63, 3.8) is 0 Å². The van der Waals surface area contributed by atoms with Gasteiger partial charge in [0.25, 0.3) is 0 Å². The highest BCUT2D eigenvalue weighted by Gasteiger charge is 2.41. The molecule has 2 aliphatic heterocycles. The SMILES string of the molecule is CN1CCN(c2cc3c(cc2N)OCCO3)C(C)(C)C1=O. The molecular formula is C15H21N3O3. The molecule has 21 heavy (non-hydrogen) atoms. The minimum absolute atomic E-state index is 0.0861. The maximum atomic E-state index is 12.4. The molecule has 0 spiro atoms. The number of fused-ring (bicyclic) bond motifs is 1. The number of amides is 1. The summed E-state index contributed by atoms with van der Waals surface area (Å²) in [5, 5.41) is 0. The van der Waals surface area contributed by atoms with Crippen molar-refractivity contribution in [2.24, 2.45) is 0 Å². The first-order valence-electron chi connectivity index (χ1n) is 7.13. The molecule has 3 rings (SSSR count). The molecule has 114 valence electrons. The summed E-state index contributed by atoms with van der Waals surface area (Å²) in [6.07, 6.45) is 0. The molecule has 0 saturated carbocycles. The van der Waals surface area contributed by atoms with E-state index in [9.17, 15) is 4.79 Å². The molecule has 0 aromatic heterocycles. The number of hydrogen-bond acceptors (Lipinski definition) is 5. The normalized spacial score (nSPS) is 20.6. The van der Waals surface area contributed by atoms with Gasteiger partial charge in [-0.2, -0.15) is 0 Å². The molecule has 2 N–H and O–H groups in total. The van der Waals surface area contributed by atoms with E-state index in [2.05, 4.69) is 0 Å². The third kappa shape index (κ3) is 2.14. The highest BCUT2D eigenvalue weighted by molar-refractivity contribution is 5.92. The Balaban J connectivity index is 2.02. The molecule has 1 aromatic rings. The number of nitrogens with zero attached hydrogens (tertiary/aromatic N) is 2. The van der Waals surface area contributed by atoms with E-state index >= 15 is 0 Å². The van der Waals surface area contributed by atoms with Crippen molar-refractivity contribution in [1.82, 2.24) is 4.90 Å². The summed E-state index contributed by atoms with van der Waals surface area (Å²) in [6, 6.07) is 3.66. The lowest BCUT2D eigenvalue weighted by Gasteiger charge is -2.46. The highest BCUT2D eigenvalue weighted by Crippen LogP contribution is 2.41. The number of ether oxygens (including phenoxy) is 2. The molecule has 1 amide bonds. The first-order chi connectivity index (χ1) is 9.91. The Morgan fingerprint density at radius 2 is 1.76 bits per heavy atom. The van der Waals surface area contributed by atoms with Crippen molar-refractivity contribution >= 4 is 17.3 Å². The van der Waals surface area contributed by atoms with Gasteiger partial charge in [0.2, 0.25) is 5.91 Å². The Hall–Kier alpha value is -2.11. The van der Waals surface area contributed by atoms with E-state index in [-0.39, 0.29) is 5.91 Å². The van der Waals surface area contributed by atoms with Crippen LogP contribution in [0.25, 0.3) is 0 Å². The van der Waals surface area contributed by atoms with Crippen molar-refractivity contribution in [1.29, 1.82) is 0 Å². The van der Waals surface area contributed by atoms with Gasteiger partial charge in [0.15, 0.2) is 11.5 Å². The number of benzene rings is 1. The van der Waals surface area contributed by atoms with Crippen LogP contribution in [0, 0.1) is 0 Å². The van der Waals surface area contributed by atoms with Crippen LogP contribution in [0.15, 0.2) is 12.1 Å². The molecule has 0 aliphatic carbocycles. The number of anilines is 2. The van der Waals surface area contributed by atoms with Gasteiger partial charge in [-0.15, -0.1) is 0 Å². The lowest BCUT2D eigenvalue weighted by Crippen LogP contribution is -2.62. The molecule has 6 nitrogen and oxygen atoms in total. The quantitative estimate of drug-likeness (QED) is 0.785. The molecule has 0 radical (unpaired) electrons. The van der Waals surface area contributed by atoms with Crippen LogP contribution in [-0.4, -0.2) is 49.7 Å². The van der Waals surface area contributed by atoms with E-state index in [0.717, 1.165) is 12.2 Å². The van der Waals surface area contributed by atoms with Gasteiger partial charge in [-0.25, -0.2) is 0 Å². The van der Waals surface area contributed by atoms with E-state index in [4.69, 9.17) is 15.2 Å². The molecule has 0 unspecified atom stereocenters. The minimum Gasteiger partial charge on any atom is -0.486 e. The molecule has 1 saturated heterocycles. The van der Waals surface area contributed by atoms with Crippen molar-refractivity contribution in [2.75, 3.05) is 44.0 Å². The van der Waals surface area contributed by atoms with Gasteiger partial charge < -0.3 is 25.0 Å². The minimum atomic E-state index is -0.634. The van der Waals surface area contributed by atoms with Gasteiger partial charge in [0.1, 0.15) is 18.8 Å².